The Hall–Kier alpha value is -1.09. The molecule has 12 heavy (non-hydrogen) atoms. The van der Waals surface area contributed by atoms with Crippen molar-refractivity contribution in [2.45, 2.75) is 18.9 Å². The standard InChI is InChI=1S/C9H11NO2/c1-9(12)6-4-2-3-5-7(6)10-8(9)11/h2-3,5-6,12H,4H2,1H3,(H,10,11)/t6?,9-/m1/s1. The zero-order valence-corrected chi connectivity index (χ0v) is 6.87. The lowest BCUT2D eigenvalue weighted by atomic mass is 9.85. The van der Waals surface area contributed by atoms with Crippen LogP contribution in [-0.4, -0.2) is 16.6 Å². The van der Waals surface area contributed by atoms with Gasteiger partial charge in [0.2, 0.25) is 0 Å². The molecule has 0 aromatic heterocycles. The number of hydrogen-bond acceptors (Lipinski definition) is 2. The molecule has 1 amide bonds. The zero-order valence-electron chi connectivity index (χ0n) is 6.87. The number of carbonyl (C=O) groups excluding carboxylic acids is 1. The maximum Gasteiger partial charge on any atom is 0.256 e. The number of amides is 1. The first-order chi connectivity index (χ1) is 5.62. The minimum absolute atomic E-state index is 0.0741. The topological polar surface area (TPSA) is 49.3 Å². The van der Waals surface area contributed by atoms with E-state index in [1.54, 1.807) is 6.92 Å². The predicted molar refractivity (Wildman–Crippen MR) is 44.1 cm³/mol. The summed E-state index contributed by atoms with van der Waals surface area (Å²) in [6, 6.07) is 0. The summed E-state index contributed by atoms with van der Waals surface area (Å²) >= 11 is 0. The van der Waals surface area contributed by atoms with Gasteiger partial charge in [-0.3, -0.25) is 4.79 Å². The average Bonchev–Trinajstić information content (AvgIpc) is 2.25. The van der Waals surface area contributed by atoms with Gasteiger partial charge in [0.05, 0.1) is 0 Å². The fourth-order valence-electron chi connectivity index (χ4n) is 1.71. The molecule has 1 aliphatic heterocycles. The minimum atomic E-state index is -1.23. The highest BCUT2D eigenvalue weighted by molar-refractivity contribution is 5.90. The molecule has 1 aliphatic carbocycles. The van der Waals surface area contributed by atoms with Gasteiger partial charge in [-0.25, -0.2) is 0 Å². The van der Waals surface area contributed by atoms with E-state index in [1.165, 1.54) is 0 Å². The maximum absolute atomic E-state index is 11.2. The summed E-state index contributed by atoms with van der Waals surface area (Å²) in [4.78, 5) is 11.2. The molecule has 2 aliphatic rings. The van der Waals surface area contributed by atoms with Crippen molar-refractivity contribution in [1.29, 1.82) is 0 Å². The second kappa shape index (κ2) is 2.20. The smallest absolute Gasteiger partial charge is 0.256 e. The second-order valence-corrected chi connectivity index (χ2v) is 3.44. The molecule has 2 atom stereocenters. The van der Waals surface area contributed by atoms with E-state index in [0.717, 1.165) is 12.1 Å². The lowest BCUT2D eigenvalue weighted by molar-refractivity contribution is -0.136. The van der Waals surface area contributed by atoms with Crippen LogP contribution in [0.25, 0.3) is 0 Å². The molecule has 0 aromatic rings. The number of rotatable bonds is 0. The first-order valence-electron chi connectivity index (χ1n) is 4.03. The summed E-state index contributed by atoms with van der Waals surface area (Å²) < 4.78 is 0. The maximum atomic E-state index is 11.2. The second-order valence-electron chi connectivity index (χ2n) is 3.44. The molecule has 2 rings (SSSR count). The Balaban J connectivity index is 2.39. The van der Waals surface area contributed by atoms with Crippen molar-refractivity contribution < 1.29 is 9.90 Å². The number of allylic oxidation sites excluding steroid dienone is 3. The Morgan fingerprint density at radius 2 is 2.50 bits per heavy atom. The first-order valence-corrected chi connectivity index (χ1v) is 4.03. The van der Waals surface area contributed by atoms with E-state index in [1.807, 2.05) is 18.2 Å². The van der Waals surface area contributed by atoms with Gasteiger partial charge in [0.1, 0.15) is 5.60 Å². The molecular formula is C9H11NO2. The molecule has 0 spiro atoms. The van der Waals surface area contributed by atoms with Crippen LogP contribution < -0.4 is 5.32 Å². The van der Waals surface area contributed by atoms with Crippen LogP contribution in [0.4, 0.5) is 0 Å². The van der Waals surface area contributed by atoms with Gasteiger partial charge in [-0.1, -0.05) is 12.2 Å². The van der Waals surface area contributed by atoms with Gasteiger partial charge < -0.3 is 10.4 Å². The molecule has 0 radical (unpaired) electrons. The lowest BCUT2D eigenvalue weighted by Gasteiger charge is -2.22. The molecular weight excluding hydrogens is 154 g/mol. The van der Waals surface area contributed by atoms with Crippen molar-refractivity contribution in [3.63, 3.8) is 0 Å². The van der Waals surface area contributed by atoms with Gasteiger partial charge in [0.15, 0.2) is 0 Å². The SMILES string of the molecule is C[C@]1(O)C(=O)NC2=CC=CCC21. The number of carbonyl (C=O) groups is 1. The van der Waals surface area contributed by atoms with E-state index in [9.17, 15) is 9.90 Å². The van der Waals surface area contributed by atoms with E-state index in [0.29, 0.717) is 0 Å². The van der Waals surface area contributed by atoms with Crippen molar-refractivity contribution in [1.82, 2.24) is 5.32 Å². The minimum Gasteiger partial charge on any atom is -0.380 e. The van der Waals surface area contributed by atoms with Gasteiger partial charge in [0.25, 0.3) is 5.91 Å². The van der Waals surface area contributed by atoms with Gasteiger partial charge in [-0.2, -0.15) is 0 Å². The Morgan fingerprint density at radius 1 is 1.75 bits per heavy atom. The third-order valence-electron chi connectivity index (χ3n) is 2.56. The quantitative estimate of drug-likeness (QED) is 0.543. The highest BCUT2D eigenvalue weighted by atomic mass is 16.3. The molecule has 0 saturated carbocycles. The monoisotopic (exact) mass is 165 g/mol. The van der Waals surface area contributed by atoms with Crippen molar-refractivity contribution in [3.05, 3.63) is 23.9 Å². The number of nitrogens with one attached hydrogen (secondary N) is 1. The summed E-state index contributed by atoms with van der Waals surface area (Å²) in [5, 5.41) is 12.4. The van der Waals surface area contributed by atoms with E-state index in [4.69, 9.17) is 0 Å². The molecule has 0 bridgehead atoms. The molecule has 0 aromatic carbocycles. The van der Waals surface area contributed by atoms with Crippen molar-refractivity contribution in [3.8, 4) is 0 Å². The summed E-state index contributed by atoms with van der Waals surface area (Å²) in [6.07, 6.45) is 6.43. The highest BCUT2D eigenvalue weighted by Crippen LogP contribution is 2.34. The van der Waals surface area contributed by atoms with E-state index in [-0.39, 0.29) is 11.8 Å². The van der Waals surface area contributed by atoms with Crippen LogP contribution in [0.5, 0.6) is 0 Å². The van der Waals surface area contributed by atoms with Crippen molar-refractivity contribution >= 4 is 5.91 Å². The average molecular weight is 165 g/mol. The number of fused-ring (bicyclic) bond motifs is 1. The van der Waals surface area contributed by atoms with Gasteiger partial charge in [-0.05, 0) is 19.4 Å². The Labute approximate surface area is 70.8 Å². The Kier molecular flexibility index (Phi) is 1.38. The van der Waals surface area contributed by atoms with E-state index < -0.39 is 5.60 Å². The van der Waals surface area contributed by atoms with Crippen LogP contribution in [0.15, 0.2) is 23.9 Å². The molecule has 2 N–H and O–H groups in total. The van der Waals surface area contributed by atoms with Gasteiger partial charge in [0, 0.05) is 11.6 Å². The van der Waals surface area contributed by atoms with E-state index >= 15 is 0 Å². The third-order valence-corrected chi connectivity index (χ3v) is 2.56. The molecule has 1 fully saturated rings. The Morgan fingerprint density at radius 3 is 3.17 bits per heavy atom. The van der Waals surface area contributed by atoms with Gasteiger partial charge in [-0.15, -0.1) is 0 Å². The summed E-state index contributed by atoms with van der Waals surface area (Å²) in [7, 11) is 0. The van der Waals surface area contributed by atoms with Crippen LogP contribution in [0.3, 0.4) is 0 Å². The molecule has 1 unspecified atom stereocenters. The van der Waals surface area contributed by atoms with Crippen molar-refractivity contribution in [2.75, 3.05) is 0 Å². The predicted octanol–water partition coefficient (Wildman–Crippen LogP) is 0.327. The summed E-state index contributed by atoms with van der Waals surface area (Å²) in [5.41, 5.74) is -0.385. The largest absolute Gasteiger partial charge is 0.380 e. The normalized spacial score (nSPS) is 39.0. The van der Waals surface area contributed by atoms with Crippen LogP contribution in [0, 0.1) is 5.92 Å². The third kappa shape index (κ3) is 0.830. The van der Waals surface area contributed by atoms with Gasteiger partial charge >= 0.3 is 0 Å². The summed E-state index contributed by atoms with van der Waals surface area (Å²) in [5.74, 6) is -0.363. The van der Waals surface area contributed by atoms with E-state index in [2.05, 4.69) is 5.32 Å². The van der Waals surface area contributed by atoms with Crippen LogP contribution in [0.2, 0.25) is 0 Å². The Bertz CT molecular complexity index is 289. The molecule has 64 valence electrons. The van der Waals surface area contributed by atoms with Crippen LogP contribution in [-0.2, 0) is 4.79 Å². The zero-order chi connectivity index (χ0) is 8.77. The fraction of sp³-hybridized carbons (Fsp3) is 0.444. The van der Waals surface area contributed by atoms with Crippen LogP contribution in [0.1, 0.15) is 13.3 Å². The fourth-order valence-corrected chi connectivity index (χ4v) is 1.71. The molecule has 1 saturated heterocycles. The molecule has 3 nitrogen and oxygen atoms in total. The lowest BCUT2D eigenvalue weighted by Crippen LogP contribution is -2.38. The van der Waals surface area contributed by atoms with Crippen LogP contribution >= 0.6 is 0 Å². The van der Waals surface area contributed by atoms with Crippen molar-refractivity contribution in [2.24, 2.45) is 5.92 Å². The molecule has 1 heterocycles. The highest BCUT2D eigenvalue weighted by Gasteiger charge is 2.47. The first kappa shape index (κ1) is 7.55. The number of hydrogen-bond donors (Lipinski definition) is 2. The summed E-state index contributed by atoms with van der Waals surface area (Å²) in [6.45, 7) is 1.56. The number of aliphatic hydroxyl groups is 1. The molecule has 3 heteroatoms.